The Hall–Kier alpha value is -1.03. The van der Waals surface area contributed by atoms with Gasteiger partial charge in [0.15, 0.2) is 0 Å². The van der Waals surface area contributed by atoms with E-state index in [0.29, 0.717) is 24.0 Å². The van der Waals surface area contributed by atoms with Gasteiger partial charge in [-0.15, -0.1) is 0 Å². The molecule has 3 nitrogen and oxygen atoms in total. The third-order valence-electron chi connectivity index (χ3n) is 3.67. The van der Waals surface area contributed by atoms with Crippen LogP contribution in [-0.4, -0.2) is 19.7 Å². The van der Waals surface area contributed by atoms with Gasteiger partial charge in [-0.3, -0.25) is 0 Å². The molecule has 2 saturated carbocycles. The first-order chi connectivity index (χ1) is 9.19. The summed E-state index contributed by atoms with van der Waals surface area (Å²) in [6, 6.07) is 3.87. The van der Waals surface area contributed by atoms with Crippen molar-refractivity contribution in [2.45, 2.75) is 31.6 Å². The van der Waals surface area contributed by atoms with Crippen LogP contribution >= 0.6 is 15.9 Å². The molecule has 0 bridgehead atoms. The lowest BCUT2D eigenvalue weighted by Gasteiger charge is -2.15. The van der Waals surface area contributed by atoms with Crippen LogP contribution in [0.15, 0.2) is 16.6 Å². The summed E-state index contributed by atoms with van der Waals surface area (Å²) in [7, 11) is 1.41. The van der Waals surface area contributed by atoms with E-state index in [1.54, 1.807) is 6.07 Å². The number of carbonyl (C=O) groups is 1. The Morgan fingerprint density at radius 1 is 1.32 bits per heavy atom. The Labute approximate surface area is 121 Å². The maximum atomic E-state index is 11.9. The molecule has 3 rings (SSSR count). The normalized spacial score (nSPS) is 18.2. The SMILES string of the molecule is COC(=O)c1cc(Br)cc(C2CC2)c1OCC1CC1. The zero-order valence-electron chi connectivity index (χ0n) is 10.9. The van der Waals surface area contributed by atoms with Crippen LogP contribution in [0, 0.1) is 5.92 Å². The summed E-state index contributed by atoms with van der Waals surface area (Å²) < 4.78 is 11.7. The predicted octanol–water partition coefficient (Wildman–Crippen LogP) is 3.90. The van der Waals surface area contributed by atoms with E-state index < -0.39 is 0 Å². The number of esters is 1. The molecule has 4 heteroatoms. The molecule has 0 spiro atoms. The lowest BCUT2D eigenvalue weighted by Crippen LogP contribution is -2.10. The van der Waals surface area contributed by atoms with Gasteiger partial charge in [-0.1, -0.05) is 15.9 Å². The molecule has 1 aromatic rings. The van der Waals surface area contributed by atoms with E-state index in [-0.39, 0.29) is 5.97 Å². The van der Waals surface area contributed by atoms with Crippen LogP contribution in [0.1, 0.15) is 47.5 Å². The van der Waals surface area contributed by atoms with Crippen molar-refractivity contribution in [2.24, 2.45) is 5.92 Å². The van der Waals surface area contributed by atoms with Crippen LogP contribution in [-0.2, 0) is 4.74 Å². The Balaban J connectivity index is 1.95. The van der Waals surface area contributed by atoms with E-state index in [4.69, 9.17) is 9.47 Å². The third-order valence-corrected chi connectivity index (χ3v) is 4.12. The van der Waals surface area contributed by atoms with Gasteiger partial charge in [-0.05, 0) is 55.2 Å². The first-order valence-corrected chi connectivity index (χ1v) is 7.53. The number of halogens is 1. The quantitative estimate of drug-likeness (QED) is 0.770. The summed E-state index contributed by atoms with van der Waals surface area (Å²) in [5.41, 5.74) is 1.69. The van der Waals surface area contributed by atoms with Crippen molar-refractivity contribution < 1.29 is 14.3 Å². The molecule has 0 aromatic heterocycles. The molecule has 0 amide bonds. The number of carbonyl (C=O) groups excluding carboxylic acids is 1. The van der Waals surface area contributed by atoms with Crippen LogP contribution < -0.4 is 4.74 Å². The van der Waals surface area contributed by atoms with Gasteiger partial charge < -0.3 is 9.47 Å². The van der Waals surface area contributed by atoms with Crippen LogP contribution in [0.5, 0.6) is 5.75 Å². The topological polar surface area (TPSA) is 35.5 Å². The molecule has 1 aromatic carbocycles. The first-order valence-electron chi connectivity index (χ1n) is 6.73. The van der Waals surface area contributed by atoms with Gasteiger partial charge in [-0.25, -0.2) is 4.79 Å². The number of hydrogen-bond donors (Lipinski definition) is 0. The summed E-state index contributed by atoms with van der Waals surface area (Å²) in [5, 5.41) is 0. The largest absolute Gasteiger partial charge is 0.492 e. The Morgan fingerprint density at radius 3 is 2.63 bits per heavy atom. The second-order valence-corrected chi connectivity index (χ2v) is 6.31. The zero-order chi connectivity index (χ0) is 13.4. The van der Waals surface area contributed by atoms with E-state index >= 15 is 0 Å². The van der Waals surface area contributed by atoms with Crippen molar-refractivity contribution >= 4 is 21.9 Å². The van der Waals surface area contributed by atoms with Crippen LogP contribution in [0.3, 0.4) is 0 Å². The molecular weight excluding hydrogens is 308 g/mol. The van der Waals surface area contributed by atoms with Crippen LogP contribution in [0.2, 0.25) is 0 Å². The van der Waals surface area contributed by atoms with Crippen molar-refractivity contribution in [3.05, 3.63) is 27.7 Å². The summed E-state index contributed by atoms with van der Waals surface area (Å²) in [6.07, 6.45) is 4.83. The van der Waals surface area contributed by atoms with Gasteiger partial charge >= 0.3 is 5.97 Å². The highest BCUT2D eigenvalue weighted by Gasteiger charge is 2.31. The Morgan fingerprint density at radius 2 is 2.05 bits per heavy atom. The fraction of sp³-hybridized carbons (Fsp3) is 0.533. The highest BCUT2D eigenvalue weighted by molar-refractivity contribution is 9.10. The second-order valence-electron chi connectivity index (χ2n) is 5.39. The monoisotopic (exact) mass is 324 g/mol. The molecule has 0 saturated heterocycles. The summed E-state index contributed by atoms with van der Waals surface area (Å²) in [4.78, 5) is 11.9. The molecular formula is C15H17BrO3. The number of benzene rings is 1. The minimum absolute atomic E-state index is 0.325. The lowest BCUT2D eigenvalue weighted by molar-refractivity contribution is 0.0595. The molecule has 102 valence electrons. The lowest BCUT2D eigenvalue weighted by atomic mass is 10.0. The number of ether oxygens (including phenoxy) is 2. The van der Waals surface area contributed by atoms with Gasteiger partial charge in [0.25, 0.3) is 0 Å². The smallest absolute Gasteiger partial charge is 0.341 e. The molecule has 2 aliphatic rings. The van der Waals surface area contributed by atoms with E-state index in [9.17, 15) is 4.79 Å². The first kappa shape index (κ1) is 13.0. The third kappa shape index (κ3) is 2.94. The van der Waals surface area contributed by atoms with Crippen molar-refractivity contribution in [3.8, 4) is 5.75 Å². The van der Waals surface area contributed by atoms with Crippen molar-refractivity contribution in [1.29, 1.82) is 0 Å². The molecule has 0 radical (unpaired) electrons. The maximum absolute atomic E-state index is 11.9. The number of methoxy groups -OCH3 is 1. The zero-order valence-corrected chi connectivity index (χ0v) is 12.5. The summed E-state index contributed by atoms with van der Waals surface area (Å²) >= 11 is 3.47. The Bertz CT molecular complexity index is 504. The fourth-order valence-corrected chi connectivity index (χ4v) is 2.70. The van der Waals surface area contributed by atoms with E-state index in [2.05, 4.69) is 22.0 Å². The second kappa shape index (κ2) is 5.16. The summed E-state index contributed by atoms with van der Waals surface area (Å²) in [6.45, 7) is 0.714. The predicted molar refractivity (Wildman–Crippen MR) is 75.7 cm³/mol. The average Bonchev–Trinajstić information content (AvgIpc) is 3.28. The minimum Gasteiger partial charge on any atom is -0.492 e. The fourth-order valence-electron chi connectivity index (χ4n) is 2.22. The van der Waals surface area contributed by atoms with Crippen LogP contribution in [0.25, 0.3) is 0 Å². The van der Waals surface area contributed by atoms with Crippen molar-refractivity contribution in [2.75, 3.05) is 13.7 Å². The highest BCUT2D eigenvalue weighted by atomic mass is 79.9. The van der Waals surface area contributed by atoms with Gasteiger partial charge in [0.05, 0.1) is 13.7 Å². The summed E-state index contributed by atoms with van der Waals surface area (Å²) in [5.74, 6) is 1.62. The Kier molecular flexibility index (Phi) is 3.52. The van der Waals surface area contributed by atoms with E-state index in [0.717, 1.165) is 15.8 Å². The maximum Gasteiger partial charge on any atom is 0.341 e. The van der Waals surface area contributed by atoms with Gasteiger partial charge in [-0.2, -0.15) is 0 Å². The minimum atomic E-state index is -0.325. The highest BCUT2D eigenvalue weighted by Crippen LogP contribution is 2.47. The average molecular weight is 325 g/mol. The molecule has 2 fully saturated rings. The van der Waals surface area contributed by atoms with Crippen molar-refractivity contribution in [3.63, 3.8) is 0 Å². The molecule has 0 unspecified atom stereocenters. The van der Waals surface area contributed by atoms with Gasteiger partial charge in [0.1, 0.15) is 11.3 Å². The van der Waals surface area contributed by atoms with Crippen LogP contribution in [0.4, 0.5) is 0 Å². The number of hydrogen-bond acceptors (Lipinski definition) is 3. The molecule has 2 aliphatic carbocycles. The number of rotatable bonds is 5. The van der Waals surface area contributed by atoms with E-state index in [1.165, 1.54) is 32.8 Å². The molecule has 0 aliphatic heterocycles. The molecule has 19 heavy (non-hydrogen) atoms. The molecule has 0 atom stereocenters. The van der Waals surface area contributed by atoms with Gasteiger partial charge in [0, 0.05) is 4.47 Å². The van der Waals surface area contributed by atoms with Gasteiger partial charge in [0.2, 0.25) is 0 Å². The molecule has 0 heterocycles. The van der Waals surface area contributed by atoms with E-state index in [1.807, 2.05) is 0 Å². The standard InChI is InChI=1S/C15H17BrO3/c1-18-15(17)13-7-11(16)6-12(10-4-5-10)14(13)19-8-9-2-3-9/h6-7,9-10H,2-5,8H2,1H3. The van der Waals surface area contributed by atoms with Crippen molar-refractivity contribution in [1.82, 2.24) is 0 Å². The molecule has 0 N–H and O–H groups in total.